The van der Waals surface area contributed by atoms with Crippen LogP contribution in [0, 0.1) is 17.8 Å². The largest absolute Gasteiger partial charge is 0.471 e. The van der Waals surface area contributed by atoms with E-state index in [1.807, 2.05) is 0 Å². The molecule has 202 valence electrons. The lowest BCUT2D eigenvalue weighted by atomic mass is 9.93. The third-order valence-corrected chi connectivity index (χ3v) is 7.16. The molecule has 36 heavy (non-hydrogen) atoms. The molecule has 1 aliphatic carbocycles. The second-order valence-electron chi connectivity index (χ2n) is 9.22. The van der Waals surface area contributed by atoms with Crippen LogP contribution in [0.4, 0.5) is 17.6 Å². The van der Waals surface area contributed by atoms with Crippen LogP contribution in [-0.4, -0.2) is 83.0 Å². The maximum absolute atomic E-state index is 13.7. The van der Waals surface area contributed by atoms with Crippen LogP contribution in [0.25, 0.3) is 0 Å². The molecule has 1 saturated carbocycles. The highest BCUT2D eigenvalue weighted by Crippen LogP contribution is 2.42. The Labute approximate surface area is 209 Å². The van der Waals surface area contributed by atoms with Crippen molar-refractivity contribution in [1.82, 2.24) is 26.0 Å². The quantitative estimate of drug-likeness (QED) is 0.247. The fourth-order valence-electron chi connectivity index (χ4n) is 5.19. The van der Waals surface area contributed by atoms with Crippen molar-refractivity contribution >= 4 is 41.1 Å². The molecule has 0 aromatic heterocycles. The van der Waals surface area contributed by atoms with E-state index in [9.17, 15) is 41.5 Å². The fraction of sp³-hybridized carbons (Fsp3) is 0.762. The number of alkyl halides is 5. The Bertz CT molecular complexity index is 904. The van der Waals surface area contributed by atoms with Gasteiger partial charge in [0.15, 0.2) is 0 Å². The first-order valence-corrected chi connectivity index (χ1v) is 12.1. The lowest BCUT2D eigenvalue weighted by molar-refractivity contribution is -0.175. The summed E-state index contributed by atoms with van der Waals surface area (Å²) < 4.78 is 51.9. The molecule has 3 rings (SSSR count). The second-order valence-corrected chi connectivity index (χ2v) is 9.61. The molecule has 0 aromatic rings. The summed E-state index contributed by atoms with van der Waals surface area (Å²) in [6, 6.07) is -2.69. The number of hydrogen-bond acceptors (Lipinski definition) is 5. The average Bonchev–Trinajstić information content (AvgIpc) is 3.51. The highest BCUT2D eigenvalue weighted by Gasteiger charge is 2.51. The summed E-state index contributed by atoms with van der Waals surface area (Å²) in [5.41, 5.74) is -0.216. The number of carbonyl (C=O) groups excluding carboxylic acids is 5. The van der Waals surface area contributed by atoms with Crippen LogP contribution >= 0.6 is 11.6 Å². The molecule has 15 heteroatoms. The maximum Gasteiger partial charge on any atom is 0.471 e. The number of likely N-dealkylation sites (tertiary alicyclic amines) is 1. The molecular weight excluding hydrogens is 514 g/mol. The van der Waals surface area contributed by atoms with Crippen LogP contribution in [0.5, 0.6) is 0 Å². The molecule has 2 saturated heterocycles. The summed E-state index contributed by atoms with van der Waals surface area (Å²) in [4.78, 5) is 63.4. The molecule has 3 N–H and O–H groups in total. The summed E-state index contributed by atoms with van der Waals surface area (Å²) in [5.74, 6) is -6.82. The van der Waals surface area contributed by atoms with Crippen molar-refractivity contribution in [2.45, 2.75) is 62.9 Å². The average molecular weight is 542 g/mol. The SMILES string of the molecule is CCC(NC(=O)C(F)(F)F)C(=O)N1C[C@@H]2CCC[C@@H]2[C@H]1C(=O)NN(C[C@@H]1CCNC1=O)C(=O)C(F)Cl. The Morgan fingerprint density at radius 3 is 2.47 bits per heavy atom. The number of halogens is 5. The summed E-state index contributed by atoms with van der Waals surface area (Å²) in [6.45, 7) is 1.49. The van der Waals surface area contributed by atoms with E-state index in [1.54, 1.807) is 5.32 Å². The predicted molar refractivity (Wildman–Crippen MR) is 116 cm³/mol. The zero-order chi connectivity index (χ0) is 26.8. The normalized spacial score (nSPS) is 27.2. The molecular formula is C21H28ClF4N5O5. The number of hydrogen-bond donors (Lipinski definition) is 3. The van der Waals surface area contributed by atoms with Gasteiger partial charge in [0.2, 0.25) is 11.8 Å². The predicted octanol–water partition coefficient (Wildman–Crippen LogP) is 0.601. The van der Waals surface area contributed by atoms with Crippen LogP contribution in [0.15, 0.2) is 0 Å². The van der Waals surface area contributed by atoms with Gasteiger partial charge in [-0.3, -0.25) is 29.4 Å². The standard InChI is InChI=1S/C21H28ClF4N5O5/c1-2-13(28-20(36)21(24,25)26)18(34)30-8-10-4-3-5-12(10)14(30)17(33)29-31(19(35)15(22)23)9-11-6-7-27-16(11)32/h10-15H,2-9H2,1H3,(H,27,32)(H,28,36)(H,29,33)/t10-,11-,12-,13?,14-,15?/m0/s1. The molecule has 0 bridgehead atoms. The summed E-state index contributed by atoms with van der Waals surface area (Å²) >= 11 is 5.30. The second kappa shape index (κ2) is 11.2. The number of nitrogens with zero attached hydrogens (tertiary/aromatic N) is 2. The van der Waals surface area contributed by atoms with E-state index < -0.39 is 53.4 Å². The van der Waals surface area contributed by atoms with E-state index >= 15 is 0 Å². The van der Waals surface area contributed by atoms with Crippen LogP contribution < -0.4 is 16.1 Å². The van der Waals surface area contributed by atoms with Gasteiger partial charge in [0, 0.05) is 13.1 Å². The van der Waals surface area contributed by atoms with Gasteiger partial charge in [0.05, 0.1) is 12.5 Å². The molecule has 0 spiro atoms. The van der Waals surface area contributed by atoms with Crippen molar-refractivity contribution in [3.8, 4) is 0 Å². The Hall–Kier alpha value is -2.64. The van der Waals surface area contributed by atoms with Gasteiger partial charge in [-0.2, -0.15) is 13.2 Å². The van der Waals surface area contributed by atoms with Gasteiger partial charge in [-0.1, -0.05) is 24.9 Å². The first-order valence-electron chi connectivity index (χ1n) is 11.7. The summed E-state index contributed by atoms with van der Waals surface area (Å²) in [5, 5.41) is 4.85. The van der Waals surface area contributed by atoms with Gasteiger partial charge in [0.1, 0.15) is 12.1 Å². The van der Waals surface area contributed by atoms with Crippen molar-refractivity contribution in [2.24, 2.45) is 17.8 Å². The minimum absolute atomic E-state index is 0.0835. The maximum atomic E-state index is 13.7. The van der Waals surface area contributed by atoms with Gasteiger partial charge in [0.25, 0.3) is 17.4 Å². The van der Waals surface area contributed by atoms with E-state index in [1.165, 1.54) is 6.92 Å². The number of carbonyl (C=O) groups is 5. The monoisotopic (exact) mass is 541 g/mol. The molecule has 0 radical (unpaired) electrons. The number of amides is 5. The Balaban J connectivity index is 1.80. The number of nitrogens with one attached hydrogen (secondary N) is 3. The molecule has 2 heterocycles. The van der Waals surface area contributed by atoms with Crippen molar-refractivity contribution in [3.05, 3.63) is 0 Å². The van der Waals surface area contributed by atoms with E-state index in [2.05, 4.69) is 10.7 Å². The summed E-state index contributed by atoms with van der Waals surface area (Å²) in [6.07, 6.45) is -3.00. The molecule has 2 aliphatic heterocycles. The molecule has 0 aromatic carbocycles. The zero-order valence-corrected chi connectivity index (χ0v) is 20.2. The smallest absolute Gasteiger partial charge is 0.356 e. The zero-order valence-electron chi connectivity index (χ0n) is 19.4. The highest BCUT2D eigenvalue weighted by molar-refractivity contribution is 6.29. The van der Waals surface area contributed by atoms with Crippen LogP contribution in [0.3, 0.4) is 0 Å². The molecule has 10 nitrogen and oxygen atoms in total. The molecule has 3 fully saturated rings. The molecule has 5 amide bonds. The van der Waals surface area contributed by atoms with E-state index in [-0.39, 0.29) is 37.3 Å². The van der Waals surface area contributed by atoms with Gasteiger partial charge in [-0.15, -0.1) is 0 Å². The Kier molecular flexibility index (Phi) is 8.67. The van der Waals surface area contributed by atoms with E-state index in [0.717, 1.165) is 11.3 Å². The highest BCUT2D eigenvalue weighted by atomic mass is 35.5. The molecule has 3 aliphatic rings. The Morgan fingerprint density at radius 2 is 1.92 bits per heavy atom. The minimum atomic E-state index is -5.19. The molecule has 2 unspecified atom stereocenters. The Morgan fingerprint density at radius 1 is 1.22 bits per heavy atom. The van der Waals surface area contributed by atoms with Crippen LogP contribution in [0.1, 0.15) is 39.0 Å². The number of fused-ring (bicyclic) bond motifs is 1. The van der Waals surface area contributed by atoms with E-state index in [4.69, 9.17) is 11.6 Å². The summed E-state index contributed by atoms with van der Waals surface area (Å²) in [7, 11) is 0. The van der Waals surface area contributed by atoms with Crippen LogP contribution in [-0.2, 0) is 24.0 Å². The van der Waals surface area contributed by atoms with Gasteiger partial charge >= 0.3 is 12.1 Å². The lowest BCUT2D eigenvalue weighted by Gasteiger charge is -2.33. The van der Waals surface area contributed by atoms with Crippen molar-refractivity contribution in [2.75, 3.05) is 19.6 Å². The van der Waals surface area contributed by atoms with Crippen molar-refractivity contribution in [1.29, 1.82) is 0 Å². The third kappa shape index (κ3) is 6.01. The third-order valence-electron chi connectivity index (χ3n) is 6.97. The first kappa shape index (κ1) is 27.9. The van der Waals surface area contributed by atoms with Crippen molar-refractivity contribution in [3.63, 3.8) is 0 Å². The first-order chi connectivity index (χ1) is 16.8. The van der Waals surface area contributed by atoms with Gasteiger partial charge in [-0.25, -0.2) is 9.40 Å². The lowest BCUT2D eigenvalue weighted by Crippen LogP contribution is -2.59. The topological polar surface area (TPSA) is 128 Å². The van der Waals surface area contributed by atoms with Crippen molar-refractivity contribution < 1.29 is 41.5 Å². The van der Waals surface area contributed by atoms with Crippen LogP contribution in [0.2, 0.25) is 0 Å². The fourth-order valence-corrected chi connectivity index (χ4v) is 5.31. The number of rotatable bonds is 7. The number of hydrazine groups is 1. The van der Waals surface area contributed by atoms with Gasteiger partial charge in [-0.05, 0) is 37.5 Å². The minimum Gasteiger partial charge on any atom is -0.356 e. The van der Waals surface area contributed by atoms with E-state index in [0.29, 0.717) is 30.8 Å². The molecule has 6 atom stereocenters. The van der Waals surface area contributed by atoms with Gasteiger partial charge < -0.3 is 15.5 Å².